The summed E-state index contributed by atoms with van der Waals surface area (Å²) in [5.74, 6) is 2.07. The third-order valence-corrected chi connectivity index (χ3v) is 9.58. The summed E-state index contributed by atoms with van der Waals surface area (Å²) in [7, 11) is 0. The number of hydrogen-bond acceptors (Lipinski definition) is 3. The lowest BCUT2D eigenvalue weighted by molar-refractivity contribution is 0.104. The summed E-state index contributed by atoms with van der Waals surface area (Å²) in [6.45, 7) is 5.28. The number of benzene rings is 2. The van der Waals surface area contributed by atoms with Crippen LogP contribution in [0.5, 0.6) is 5.75 Å². The molecule has 0 heterocycles. The van der Waals surface area contributed by atoms with E-state index in [4.69, 9.17) is 4.74 Å². The van der Waals surface area contributed by atoms with Crippen LogP contribution >= 0.6 is 11.8 Å². The molecule has 2 aromatic carbocycles. The van der Waals surface area contributed by atoms with Crippen molar-refractivity contribution in [2.24, 2.45) is 0 Å². The zero-order valence-corrected chi connectivity index (χ0v) is 29.3. The van der Waals surface area contributed by atoms with Crippen molar-refractivity contribution in [2.75, 3.05) is 12.4 Å². The standard InChI is InChI=1S/C41H64O2S/c1-3-5-7-8-9-10-11-12-13-14-15-16-17-18-19-20-21-22-23-24-35-43-39-30-25-37(26-31-39)27-34-41(42)38-28-32-40(33-29-38)44-36-6-4-2/h25-34H,3-24,35-36H2,1-2H3/b34-27+. The number of ether oxygens (including phenoxy) is 1. The maximum absolute atomic E-state index is 12.5. The van der Waals surface area contributed by atoms with E-state index in [0.717, 1.165) is 35.7 Å². The van der Waals surface area contributed by atoms with Gasteiger partial charge in [0.05, 0.1) is 6.61 Å². The van der Waals surface area contributed by atoms with E-state index in [1.165, 1.54) is 140 Å². The Hall–Kier alpha value is -2.00. The first-order valence-electron chi connectivity index (χ1n) is 18.4. The molecular weight excluding hydrogens is 557 g/mol. The lowest BCUT2D eigenvalue weighted by atomic mass is 10.0. The fraction of sp³-hybridized carbons (Fsp3) is 0.634. The minimum absolute atomic E-state index is 0.0371. The fourth-order valence-electron chi connectivity index (χ4n) is 5.54. The molecule has 0 spiro atoms. The van der Waals surface area contributed by atoms with E-state index in [9.17, 15) is 4.79 Å². The predicted octanol–water partition coefficient (Wildman–Crippen LogP) is 13.7. The van der Waals surface area contributed by atoms with E-state index >= 15 is 0 Å². The Bertz CT molecular complexity index is 963. The van der Waals surface area contributed by atoms with Gasteiger partial charge in [-0.3, -0.25) is 4.79 Å². The molecule has 0 saturated heterocycles. The van der Waals surface area contributed by atoms with Gasteiger partial charge in [-0.25, -0.2) is 0 Å². The average molecular weight is 621 g/mol. The van der Waals surface area contributed by atoms with Gasteiger partial charge in [0.2, 0.25) is 0 Å². The van der Waals surface area contributed by atoms with Crippen molar-refractivity contribution in [2.45, 2.75) is 160 Å². The van der Waals surface area contributed by atoms with Gasteiger partial charge in [-0.2, -0.15) is 0 Å². The molecule has 0 fully saturated rings. The molecule has 0 unspecified atom stereocenters. The summed E-state index contributed by atoms with van der Waals surface area (Å²) in [5, 5.41) is 0. The average Bonchev–Trinajstić information content (AvgIpc) is 3.05. The van der Waals surface area contributed by atoms with Gasteiger partial charge in [-0.15, -0.1) is 11.8 Å². The van der Waals surface area contributed by atoms with Crippen LogP contribution in [0, 0.1) is 0 Å². The van der Waals surface area contributed by atoms with Crippen LogP contribution in [-0.2, 0) is 0 Å². The number of hydrogen-bond donors (Lipinski definition) is 0. The molecule has 2 rings (SSSR count). The second-order valence-electron chi connectivity index (χ2n) is 12.6. The van der Waals surface area contributed by atoms with E-state index in [0.29, 0.717) is 0 Å². The highest BCUT2D eigenvalue weighted by Crippen LogP contribution is 2.21. The zero-order valence-electron chi connectivity index (χ0n) is 28.5. The molecule has 0 N–H and O–H groups in total. The van der Waals surface area contributed by atoms with E-state index < -0.39 is 0 Å². The Labute approximate surface area is 276 Å². The topological polar surface area (TPSA) is 26.3 Å². The van der Waals surface area contributed by atoms with Crippen molar-refractivity contribution in [3.63, 3.8) is 0 Å². The van der Waals surface area contributed by atoms with Gasteiger partial charge < -0.3 is 4.74 Å². The number of allylic oxidation sites excluding steroid dienone is 1. The van der Waals surface area contributed by atoms with E-state index in [2.05, 4.69) is 26.0 Å². The smallest absolute Gasteiger partial charge is 0.185 e. The summed E-state index contributed by atoms with van der Waals surface area (Å²) >= 11 is 1.85. The van der Waals surface area contributed by atoms with Gasteiger partial charge in [-0.05, 0) is 66.6 Å². The summed E-state index contributed by atoms with van der Waals surface area (Å²) in [5.41, 5.74) is 1.74. The molecular formula is C41H64O2S. The third kappa shape index (κ3) is 20.1. The normalized spacial score (nSPS) is 11.4. The summed E-state index contributed by atoms with van der Waals surface area (Å²) < 4.78 is 5.95. The highest BCUT2D eigenvalue weighted by atomic mass is 32.2. The Morgan fingerprint density at radius 1 is 0.568 bits per heavy atom. The third-order valence-electron chi connectivity index (χ3n) is 8.48. The molecule has 0 aromatic heterocycles. The Balaban J connectivity index is 1.39. The van der Waals surface area contributed by atoms with Crippen LogP contribution in [0.15, 0.2) is 59.5 Å². The highest BCUT2D eigenvalue weighted by molar-refractivity contribution is 7.99. The molecule has 0 atom stereocenters. The quantitative estimate of drug-likeness (QED) is 0.0392. The van der Waals surface area contributed by atoms with Crippen LogP contribution in [0.1, 0.15) is 171 Å². The molecule has 44 heavy (non-hydrogen) atoms. The molecule has 2 aromatic rings. The lowest BCUT2D eigenvalue weighted by Crippen LogP contribution is -1.97. The van der Waals surface area contributed by atoms with E-state index in [1.807, 2.05) is 54.2 Å². The molecule has 0 amide bonds. The summed E-state index contributed by atoms with van der Waals surface area (Å²) in [4.78, 5) is 13.8. The number of rotatable bonds is 29. The van der Waals surface area contributed by atoms with Gasteiger partial charge in [0.15, 0.2) is 5.78 Å². The minimum atomic E-state index is 0.0371. The van der Waals surface area contributed by atoms with Gasteiger partial charge in [0.1, 0.15) is 5.75 Å². The van der Waals surface area contributed by atoms with Crippen molar-refractivity contribution >= 4 is 23.6 Å². The first kappa shape index (κ1) is 38.2. The zero-order chi connectivity index (χ0) is 31.3. The van der Waals surface area contributed by atoms with E-state index in [-0.39, 0.29) is 5.78 Å². The summed E-state index contributed by atoms with van der Waals surface area (Å²) in [6, 6.07) is 16.0. The summed E-state index contributed by atoms with van der Waals surface area (Å²) in [6.07, 6.45) is 34.0. The number of carbonyl (C=O) groups excluding carboxylic acids is 1. The first-order chi connectivity index (χ1) is 21.7. The van der Waals surface area contributed by atoms with Crippen molar-refractivity contribution < 1.29 is 9.53 Å². The second-order valence-corrected chi connectivity index (χ2v) is 13.7. The van der Waals surface area contributed by atoms with Crippen LogP contribution in [-0.4, -0.2) is 18.1 Å². The minimum Gasteiger partial charge on any atom is -0.494 e. The fourth-order valence-corrected chi connectivity index (χ4v) is 6.54. The van der Waals surface area contributed by atoms with Crippen LogP contribution in [0.2, 0.25) is 0 Å². The van der Waals surface area contributed by atoms with Gasteiger partial charge in [0, 0.05) is 10.5 Å². The molecule has 246 valence electrons. The number of ketones is 1. The Kier molecular flexibility index (Phi) is 23.7. The second kappa shape index (κ2) is 27.3. The van der Waals surface area contributed by atoms with Crippen molar-refractivity contribution in [1.82, 2.24) is 0 Å². The van der Waals surface area contributed by atoms with Crippen LogP contribution in [0.3, 0.4) is 0 Å². The van der Waals surface area contributed by atoms with Crippen molar-refractivity contribution in [1.29, 1.82) is 0 Å². The van der Waals surface area contributed by atoms with Crippen molar-refractivity contribution in [3.8, 4) is 5.75 Å². The molecule has 0 aliphatic rings. The van der Waals surface area contributed by atoms with E-state index in [1.54, 1.807) is 6.08 Å². The Morgan fingerprint density at radius 3 is 1.50 bits per heavy atom. The molecule has 0 radical (unpaired) electrons. The molecule has 3 heteroatoms. The first-order valence-corrected chi connectivity index (χ1v) is 19.4. The lowest BCUT2D eigenvalue weighted by Gasteiger charge is -2.07. The van der Waals surface area contributed by atoms with Crippen molar-refractivity contribution in [3.05, 3.63) is 65.7 Å². The number of carbonyl (C=O) groups is 1. The van der Waals surface area contributed by atoms with Gasteiger partial charge in [0.25, 0.3) is 0 Å². The van der Waals surface area contributed by atoms with Crippen LogP contribution in [0.25, 0.3) is 6.08 Å². The molecule has 0 saturated carbocycles. The molecule has 0 aliphatic heterocycles. The van der Waals surface area contributed by atoms with Gasteiger partial charge >= 0.3 is 0 Å². The molecule has 2 nitrogen and oxygen atoms in total. The van der Waals surface area contributed by atoms with Crippen LogP contribution in [0.4, 0.5) is 0 Å². The van der Waals surface area contributed by atoms with Crippen LogP contribution < -0.4 is 4.74 Å². The molecule has 0 aliphatic carbocycles. The maximum atomic E-state index is 12.5. The highest BCUT2D eigenvalue weighted by Gasteiger charge is 2.03. The number of unbranched alkanes of at least 4 members (excludes halogenated alkanes) is 20. The largest absolute Gasteiger partial charge is 0.494 e. The predicted molar refractivity (Wildman–Crippen MR) is 195 cm³/mol. The maximum Gasteiger partial charge on any atom is 0.185 e. The molecule has 0 bridgehead atoms. The monoisotopic (exact) mass is 620 g/mol. The SMILES string of the molecule is CCCCCCCCCCCCCCCCCCCCCCOc1ccc(/C=C/C(=O)c2ccc(SCCCC)cc2)cc1. The van der Waals surface area contributed by atoms with Gasteiger partial charge in [-0.1, -0.05) is 160 Å². The Morgan fingerprint density at radius 2 is 1.02 bits per heavy atom. The number of thioether (sulfide) groups is 1.